The molecule has 0 spiro atoms. The van der Waals surface area contributed by atoms with Gasteiger partial charge in [-0.15, -0.1) is 0 Å². The molecule has 0 aromatic carbocycles. The van der Waals surface area contributed by atoms with Gasteiger partial charge < -0.3 is 14.0 Å². The van der Waals surface area contributed by atoms with E-state index in [1.807, 2.05) is 0 Å². The van der Waals surface area contributed by atoms with E-state index in [0.29, 0.717) is 0 Å². The molecule has 0 N–H and O–H groups in total. The quantitative estimate of drug-likeness (QED) is 0.465. The Morgan fingerprint density at radius 2 is 2.00 bits per heavy atom. The highest BCUT2D eigenvalue weighted by Crippen LogP contribution is 2.03. The summed E-state index contributed by atoms with van der Waals surface area (Å²) in [6.45, 7) is 4.45. The van der Waals surface area contributed by atoms with Gasteiger partial charge in [0.1, 0.15) is 0 Å². The monoisotopic (exact) mass is 172 g/mol. The minimum Gasteiger partial charge on any atom is -0.386 e. The Balaban J connectivity index is 1.91. The maximum absolute atomic E-state index is 5.34. The summed E-state index contributed by atoms with van der Waals surface area (Å²) in [6.07, 6.45) is 4.51. The van der Waals surface area contributed by atoms with E-state index in [0.717, 1.165) is 32.7 Å². The smallest absolute Gasteiger partial charge is 0.386 e. The van der Waals surface area contributed by atoms with E-state index in [1.165, 1.54) is 12.8 Å². The number of hydrogen-bond donors (Lipinski definition) is 0. The maximum Gasteiger partial charge on any atom is 0.639 e. The van der Waals surface area contributed by atoms with E-state index in [2.05, 4.69) is 6.92 Å². The normalized spacial score (nSPS) is 18.2. The molecule has 4 heteroatoms. The Labute approximate surface area is 74.6 Å². The number of hydrogen-bond acceptors (Lipinski definition) is 3. The molecule has 1 aliphatic heterocycles. The van der Waals surface area contributed by atoms with Crippen molar-refractivity contribution in [3.05, 3.63) is 0 Å². The van der Waals surface area contributed by atoms with Gasteiger partial charge in [0, 0.05) is 19.8 Å². The van der Waals surface area contributed by atoms with Gasteiger partial charge in [-0.2, -0.15) is 0 Å². The maximum atomic E-state index is 5.34. The van der Waals surface area contributed by atoms with Crippen LogP contribution in [0.2, 0.25) is 0 Å². The summed E-state index contributed by atoms with van der Waals surface area (Å²) in [5, 5.41) is 0. The molecular weight excluding hydrogens is 155 g/mol. The van der Waals surface area contributed by atoms with Gasteiger partial charge in [-0.25, -0.2) is 0 Å². The van der Waals surface area contributed by atoms with Crippen molar-refractivity contribution in [1.82, 2.24) is 0 Å². The molecule has 3 nitrogen and oxygen atoms in total. The van der Waals surface area contributed by atoms with Crippen molar-refractivity contribution in [2.45, 2.75) is 32.6 Å². The summed E-state index contributed by atoms with van der Waals surface area (Å²) in [6, 6.07) is 0. The zero-order valence-electron chi connectivity index (χ0n) is 7.75. The first-order valence-corrected chi connectivity index (χ1v) is 4.78. The molecule has 1 saturated heterocycles. The van der Waals surface area contributed by atoms with Crippen LogP contribution in [0.15, 0.2) is 0 Å². The summed E-state index contributed by atoms with van der Waals surface area (Å²) in [7, 11) is -0.393. The standard InChI is InChI=1S/C8H17BO3/c1-2-3-4-6-10-9-11-7-5-8-12-9/h2-8H2,1H3. The fraction of sp³-hybridized carbons (Fsp3) is 1.00. The van der Waals surface area contributed by atoms with E-state index in [4.69, 9.17) is 14.0 Å². The molecule has 0 bridgehead atoms. The molecule has 1 heterocycles. The second-order valence-corrected chi connectivity index (χ2v) is 2.96. The number of rotatable bonds is 5. The predicted octanol–water partition coefficient (Wildman–Crippen LogP) is 1.61. The molecule has 0 aromatic rings. The Hall–Kier alpha value is -0.0551. The van der Waals surface area contributed by atoms with Crippen molar-refractivity contribution in [1.29, 1.82) is 0 Å². The first kappa shape index (κ1) is 10.0. The summed E-state index contributed by atoms with van der Waals surface area (Å²) in [5.41, 5.74) is 0. The highest BCUT2D eigenvalue weighted by Gasteiger charge is 2.23. The minimum absolute atomic E-state index is 0.393. The van der Waals surface area contributed by atoms with Crippen LogP contribution in [0.4, 0.5) is 0 Å². The van der Waals surface area contributed by atoms with Crippen LogP contribution in [0.1, 0.15) is 32.6 Å². The van der Waals surface area contributed by atoms with Gasteiger partial charge in [-0.1, -0.05) is 19.8 Å². The van der Waals surface area contributed by atoms with Crippen LogP contribution in [0.25, 0.3) is 0 Å². The van der Waals surface area contributed by atoms with Gasteiger partial charge in [0.05, 0.1) is 0 Å². The topological polar surface area (TPSA) is 27.7 Å². The molecule has 1 aliphatic rings. The van der Waals surface area contributed by atoms with Crippen molar-refractivity contribution in [2.24, 2.45) is 0 Å². The lowest BCUT2D eigenvalue weighted by molar-refractivity contribution is 0.0523. The fourth-order valence-electron chi connectivity index (χ4n) is 1.09. The van der Waals surface area contributed by atoms with Crippen LogP contribution in [-0.2, 0) is 14.0 Å². The molecule has 0 amide bonds. The molecule has 12 heavy (non-hydrogen) atoms. The average molecular weight is 172 g/mol. The van der Waals surface area contributed by atoms with Gasteiger partial charge in [0.25, 0.3) is 0 Å². The molecule has 0 radical (unpaired) electrons. The van der Waals surface area contributed by atoms with Crippen molar-refractivity contribution in [2.75, 3.05) is 19.8 Å². The van der Waals surface area contributed by atoms with Crippen molar-refractivity contribution in [3.8, 4) is 0 Å². The molecule has 70 valence electrons. The SMILES string of the molecule is CCCCCOB1OCCCO1. The summed E-state index contributed by atoms with van der Waals surface area (Å²) in [5.74, 6) is 0. The van der Waals surface area contributed by atoms with Crippen molar-refractivity contribution < 1.29 is 14.0 Å². The third-order valence-corrected chi connectivity index (χ3v) is 1.80. The van der Waals surface area contributed by atoms with Gasteiger partial charge in [0.15, 0.2) is 0 Å². The third kappa shape index (κ3) is 4.09. The predicted molar refractivity (Wildman–Crippen MR) is 47.8 cm³/mol. The molecule has 0 unspecified atom stereocenters. The molecule has 1 rings (SSSR count). The molecule has 1 fully saturated rings. The van der Waals surface area contributed by atoms with E-state index < -0.39 is 7.32 Å². The van der Waals surface area contributed by atoms with Crippen LogP contribution in [0.3, 0.4) is 0 Å². The zero-order valence-corrected chi connectivity index (χ0v) is 7.75. The van der Waals surface area contributed by atoms with Crippen molar-refractivity contribution >= 4 is 7.32 Å². The second kappa shape index (κ2) is 6.46. The van der Waals surface area contributed by atoms with Crippen LogP contribution < -0.4 is 0 Å². The Morgan fingerprint density at radius 1 is 1.25 bits per heavy atom. The van der Waals surface area contributed by atoms with Crippen molar-refractivity contribution in [3.63, 3.8) is 0 Å². The molecule has 0 aromatic heterocycles. The Morgan fingerprint density at radius 3 is 2.67 bits per heavy atom. The van der Waals surface area contributed by atoms with Gasteiger partial charge in [0.2, 0.25) is 0 Å². The largest absolute Gasteiger partial charge is 0.639 e. The second-order valence-electron chi connectivity index (χ2n) is 2.96. The number of unbranched alkanes of at least 4 members (excludes halogenated alkanes) is 2. The van der Waals surface area contributed by atoms with Crippen LogP contribution >= 0.6 is 0 Å². The summed E-state index contributed by atoms with van der Waals surface area (Å²) >= 11 is 0. The Bertz CT molecular complexity index is 104. The molecule has 0 aliphatic carbocycles. The summed E-state index contributed by atoms with van der Waals surface area (Å²) < 4.78 is 15.8. The molecule has 0 saturated carbocycles. The summed E-state index contributed by atoms with van der Waals surface area (Å²) in [4.78, 5) is 0. The first-order valence-electron chi connectivity index (χ1n) is 4.78. The van der Waals surface area contributed by atoms with Crippen LogP contribution in [0, 0.1) is 0 Å². The van der Waals surface area contributed by atoms with Gasteiger partial charge in [-0.3, -0.25) is 0 Å². The average Bonchev–Trinajstić information content (AvgIpc) is 2.14. The lowest BCUT2D eigenvalue weighted by Gasteiger charge is -2.18. The van der Waals surface area contributed by atoms with E-state index in [1.54, 1.807) is 0 Å². The minimum atomic E-state index is -0.393. The lowest BCUT2D eigenvalue weighted by atomic mass is 10.2. The van der Waals surface area contributed by atoms with Crippen LogP contribution in [-0.4, -0.2) is 27.1 Å². The molecular formula is C8H17BO3. The first-order chi connectivity index (χ1) is 5.93. The fourth-order valence-corrected chi connectivity index (χ4v) is 1.09. The Kier molecular flexibility index (Phi) is 5.40. The lowest BCUT2D eigenvalue weighted by Crippen LogP contribution is -2.33. The van der Waals surface area contributed by atoms with E-state index >= 15 is 0 Å². The molecule has 0 atom stereocenters. The zero-order chi connectivity index (χ0) is 8.65. The highest BCUT2D eigenvalue weighted by atomic mass is 16.7. The van der Waals surface area contributed by atoms with Gasteiger partial charge >= 0.3 is 7.32 Å². The van der Waals surface area contributed by atoms with E-state index in [9.17, 15) is 0 Å². The van der Waals surface area contributed by atoms with E-state index in [-0.39, 0.29) is 0 Å². The third-order valence-electron chi connectivity index (χ3n) is 1.80. The van der Waals surface area contributed by atoms with Crippen LogP contribution in [0.5, 0.6) is 0 Å². The van der Waals surface area contributed by atoms with Gasteiger partial charge in [-0.05, 0) is 12.8 Å². The highest BCUT2D eigenvalue weighted by molar-refractivity contribution is 6.36.